The molecule has 0 radical (unpaired) electrons. The standard InChI is InChI=1S/C24H26N2O5/c1-15-12-26(13-20(15)23(28)29)22(27)10-11-25-24(30)31-14-21-18-8-4-2-6-16(18)17-7-3-5-9-19(17)21/h2-9,15,20-21H,10-14H2,1H3,(H,25,30)(H,28,29)/t15-,20-/m1/s1. The number of hydrogen-bond acceptors (Lipinski definition) is 4. The van der Waals surface area contributed by atoms with Gasteiger partial charge in [-0.25, -0.2) is 4.79 Å². The van der Waals surface area contributed by atoms with Crippen molar-refractivity contribution in [2.45, 2.75) is 19.3 Å². The van der Waals surface area contributed by atoms with Gasteiger partial charge in [0, 0.05) is 32.0 Å². The molecular weight excluding hydrogens is 396 g/mol. The van der Waals surface area contributed by atoms with Crippen LogP contribution in [0.4, 0.5) is 4.79 Å². The van der Waals surface area contributed by atoms with Crippen molar-refractivity contribution in [3.05, 3.63) is 59.7 Å². The average molecular weight is 422 g/mol. The second-order valence-electron chi connectivity index (χ2n) is 8.22. The van der Waals surface area contributed by atoms with Gasteiger partial charge in [0.15, 0.2) is 0 Å². The van der Waals surface area contributed by atoms with Crippen molar-refractivity contribution < 1.29 is 24.2 Å². The Morgan fingerprint density at radius 1 is 1.03 bits per heavy atom. The molecule has 1 saturated heterocycles. The number of ether oxygens (including phenoxy) is 1. The van der Waals surface area contributed by atoms with Gasteiger partial charge >= 0.3 is 12.1 Å². The molecule has 7 nitrogen and oxygen atoms in total. The van der Waals surface area contributed by atoms with E-state index in [-0.39, 0.29) is 43.9 Å². The first-order chi connectivity index (χ1) is 15.0. The SMILES string of the molecule is C[C@@H]1CN(C(=O)CCNC(=O)OCC2c3ccccc3-c3ccccc32)C[C@H]1C(=O)O. The molecule has 2 aromatic carbocycles. The Hall–Kier alpha value is -3.35. The highest BCUT2D eigenvalue weighted by Gasteiger charge is 2.36. The van der Waals surface area contributed by atoms with E-state index in [2.05, 4.69) is 29.6 Å². The summed E-state index contributed by atoms with van der Waals surface area (Å²) < 4.78 is 5.46. The van der Waals surface area contributed by atoms with Crippen LogP contribution in [0.3, 0.4) is 0 Å². The van der Waals surface area contributed by atoms with Gasteiger partial charge in [-0.15, -0.1) is 0 Å². The van der Waals surface area contributed by atoms with E-state index < -0.39 is 18.0 Å². The van der Waals surface area contributed by atoms with E-state index in [9.17, 15) is 19.5 Å². The highest BCUT2D eigenvalue weighted by molar-refractivity contribution is 5.80. The Morgan fingerprint density at radius 2 is 1.65 bits per heavy atom. The number of aliphatic carboxylic acids is 1. The summed E-state index contributed by atoms with van der Waals surface area (Å²) >= 11 is 0. The molecule has 1 heterocycles. The fourth-order valence-corrected chi connectivity index (χ4v) is 4.57. The minimum absolute atomic E-state index is 0.0150. The predicted molar refractivity (Wildman–Crippen MR) is 115 cm³/mol. The van der Waals surface area contributed by atoms with E-state index in [0.29, 0.717) is 6.54 Å². The summed E-state index contributed by atoms with van der Waals surface area (Å²) in [5.41, 5.74) is 4.61. The molecule has 2 atom stereocenters. The lowest BCUT2D eigenvalue weighted by atomic mass is 9.98. The first-order valence-corrected chi connectivity index (χ1v) is 10.5. The van der Waals surface area contributed by atoms with Crippen LogP contribution in [0.2, 0.25) is 0 Å². The maximum absolute atomic E-state index is 12.3. The van der Waals surface area contributed by atoms with E-state index in [4.69, 9.17) is 4.74 Å². The molecule has 0 aromatic heterocycles. The van der Waals surface area contributed by atoms with Gasteiger partial charge in [-0.2, -0.15) is 0 Å². The highest BCUT2D eigenvalue weighted by atomic mass is 16.5. The van der Waals surface area contributed by atoms with Gasteiger partial charge < -0.3 is 20.1 Å². The largest absolute Gasteiger partial charge is 0.481 e. The summed E-state index contributed by atoms with van der Waals surface area (Å²) in [6, 6.07) is 16.2. The lowest BCUT2D eigenvalue weighted by molar-refractivity contribution is -0.142. The Morgan fingerprint density at radius 3 is 2.23 bits per heavy atom. The number of carboxylic acids is 1. The summed E-state index contributed by atoms with van der Waals surface area (Å²) in [7, 11) is 0. The van der Waals surface area contributed by atoms with Gasteiger partial charge in [0.2, 0.25) is 5.91 Å². The molecular formula is C24H26N2O5. The molecule has 2 amide bonds. The van der Waals surface area contributed by atoms with Gasteiger partial charge in [0.25, 0.3) is 0 Å². The Bertz CT molecular complexity index is 959. The van der Waals surface area contributed by atoms with Gasteiger partial charge in [-0.1, -0.05) is 55.5 Å². The number of amides is 2. The van der Waals surface area contributed by atoms with Crippen molar-refractivity contribution in [1.82, 2.24) is 10.2 Å². The van der Waals surface area contributed by atoms with Crippen LogP contribution >= 0.6 is 0 Å². The van der Waals surface area contributed by atoms with E-state index in [1.165, 1.54) is 0 Å². The van der Waals surface area contributed by atoms with E-state index in [1.807, 2.05) is 31.2 Å². The molecule has 0 bridgehead atoms. The minimum atomic E-state index is -0.875. The quantitative estimate of drug-likeness (QED) is 0.746. The zero-order valence-electron chi connectivity index (χ0n) is 17.4. The van der Waals surface area contributed by atoms with Gasteiger partial charge in [-0.05, 0) is 28.2 Å². The lowest BCUT2D eigenvalue weighted by Crippen LogP contribution is -2.34. The second kappa shape index (κ2) is 8.79. The van der Waals surface area contributed by atoms with E-state index in [1.54, 1.807) is 4.90 Å². The highest BCUT2D eigenvalue weighted by Crippen LogP contribution is 2.44. The van der Waals surface area contributed by atoms with Crippen molar-refractivity contribution >= 4 is 18.0 Å². The van der Waals surface area contributed by atoms with E-state index in [0.717, 1.165) is 22.3 Å². The molecule has 4 rings (SSSR count). The molecule has 0 saturated carbocycles. The molecule has 2 N–H and O–H groups in total. The van der Waals surface area contributed by atoms with Crippen LogP contribution in [-0.2, 0) is 14.3 Å². The molecule has 31 heavy (non-hydrogen) atoms. The normalized spacial score (nSPS) is 19.6. The average Bonchev–Trinajstić information content (AvgIpc) is 3.31. The number of carbonyl (C=O) groups is 3. The number of carboxylic acid groups (broad SMARTS) is 1. The van der Waals surface area contributed by atoms with Crippen LogP contribution in [0, 0.1) is 11.8 Å². The van der Waals surface area contributed by atoms with Gasteiger partial charge in [0.1, 0.15) is 6.61 Å². The maximum atomic E-state index is 12.3. The maximum Gasteiger partial charge on any atom is 0.407 e. The number of nitrogens with zero attached hydrogens (tertiary/aromatic N) is 1. The number of likely N-dealkylation sites (tertiary alicyclic amines) is 1. The summed E-state index contributed by atoms with van der Waals surface area (Å²) in [6.45, 7) is 2.86. The lowest BCUT2D eigenvalue weighted by Gasteiger charge is -2.17. The molecule has 0 unspecified atom stereocenters. The molecule has 2 aromatic rings. The van der Waals surface area contributed by atoms with Crippen LogP contribution in [0.15, 0.2) is 48.5 Å². The van der Waals surface area contributed by atoms with Gasteiger partial charge in [0.05, 0.1) is 5.92 Å². The first-order valence-electron chi connectivity index (χ1n) is 10.5. The van der Waals surface area contributed by atoms with Crippen LogP contribution in [0.1, 0.15) is 30.4 Å². The molecule has 1 fully saturated rings. The fourth-order valence-electron chi connectivity index (χ4n) is 4.57. The third-order valence-corrected chi connectivity index (χ3v) is 6.23. The number of alkyl carbamates (subject to hydrolysis) is 1. The Balaban J connectivity index is 1.26. The third-order valence-electron chi connectivity index (χ3n) is 6.23. The van der Waals surface area contributed by atoms with Crippen LogP contribution in [-0.4, -0.2) is 54.2 Å². The summed E-state index contributed by atoms with van der Waals surface area (Å²) in [4.78, 5) is 37.3. The smallest absolute Gasteiger partial charge is 0.407 e. The number of hydrogen-bond donors (Lipinski definition) is 2. The fraction of sp³-hybridized carbons (Fsp3) is 0.375. The topological polar surface area (TPSA) is 95.9 Å². The molecule has 162 valence electrons. The van der Waals surface area contributed by atoms with E-state index >= 15 is 0 Å². The number of nitrogens with one attached hydrogen (secondary N) is 1. The van der Waals surface area contributed by atoms with Crippen molar-refractivity contribution in [3.8, 4) is 11.1 Å². The zero-order chi connectivity index (χ0) is 22.0. The van der Waals surface area contributed by atoms with Gasteiger partial charge in [-0.3, -0.25) is 9.59 Å². The van der Waals surface area contributed by atoms with Crippen LogP contribution in [0.5, 0.6) is 0 Å². The van der Waals surface area contributed by atoms with Crippen molar-refractivity contribution in [2.24, 2.45) is 11.8 Å². The Kier molecular flexibility index (Phi) is 5.93. The van der Waals surface area contributed by atoms with Crippen LogP contribution in [0.25, 0.3) is 11.1 Å². The number of rotatable bonds is 6. The summed E-state index contributed by atoms with van der Waals surface area (Å²) in [5, 5.41) is 11.8. The van der Waals surface area contributed by atoms with Crippen LogP contribution < -0.4 is 5.32 Å². The third kappa shape index (κ3) is 4.26. The predicted octanol–water partition coefficient (Wildman–Crippen LogP) is 3.09. The Labute approximate surface area is 181 Å². The van der Waals surface area contributed by atoms with Crippen molar-refractivity contribution in [3.63, 3.8) is 0 Å². The monoisotopic (exact) mass is 422 g/mol. The number of carbonyl (C=O) groups excluding carboxylic acids is 2. The molecule has 7 heteroatoms. The summed E-state index contributed by atoms with van der Waals surface area (Å²) in [5.74, 6) is -1.65. The van der Waals surface area contributed by atoms with Crippen molar-refractivity contribution in [1.29, 1.82) is 0 Å². The minimum Gasteiger partial charge on any atom is -0.481 e. The number of benzene rings is 2. The molecule has 0 spiro atoms. The molecule has 2 aliphatic rings. The molecule has 1 aliphatic carbocycles. The van der Waals surface area contributed by atoms with Crippen molar-refractivity contribution in [2.75, 3.05) is 26.2 Å². The zero-order valence-corrected chi connectivity index (χ0v) is 17.4. The number of fused-ring (bicyclic) bond motifs is 3. The second-order valence-corrected chi connectivity index (χ2v) is 8.22. The summed E-state index contributed by atoms with van der Waals surface area (Å²) in [6.07, 6.45) is -0.448. The molecule has 1 aliphatic heterocycles. The first kappa shape index (κ1) is 20.9.